The lowest BCUT2D eigenvalue weighted by Crippen LogP contribution is -2.34. The van der Waals surface area contributed by atoms with Crippen molar-refractivity contribution in [2.75, 3.05) is 6.54 Å². The van der Waals surface area contributed by atoms with Gasteiger partial charge in [-0.1, -0.05) is 12.2 Å². The fraction of sp³-hybridized carbons (Fsp3) is 0.375. The number of carbonyl (C=O) groups is 1. The van der Waals surface area contributed by atoms with Crippen molar-refractivity contribution in [2.24, 2.45) is 0 Å². The van der Waals surface area contributed by atoms with Crippen LogP contribution in [0, 0.1) is 0 Å². The minimum atomic E-state index is -0.979. The van der Waals surface area contributed by atoms with E-state index >= 15 is 0 Å². The number of nitrogens with one attached hydrogen (secondary N) is 1. The third-order valence-electron chi connectivity index (χ3n) is 1.11. The third-order valence-corrected chi connectivity index (χ3v) is 1.11. The monoisotopic (exact) mass is 155 g/mol. The Morgan fingerprint density at radius 1 is 1.55 bits per heavy atom. The molecule has 0 heterocycles. The summed E-state index contributed by atoms with van der Waals surface area (Å²) in [6.45, 7) is 7.21. The van der Waals surface area contributed by atoms with Crippen molar-refractivity contribution in [3.05, 3.63) is 25.3 Å². The van der Waals surface area contributed by atoms with Gasteiger partial charge in [0.1, 0.15) is 6.10 Å². The SMILES string of the molecule is C=CCNC(=O)[C@H](O)CC=C. The lowest BCUT2D eigenvalue weighted by molar-refractivity contribution is -0.128. The van der Waals surface area contributed by atoms with E-state index in [0.29, 0.717) is 6.54 Å². The topological polar surface area (TPSA) is 49.3 Å². The fourth-order valence-corrected chi connectivity index (χ4v) is 0.555. The van der Waals surface area contributed by atoms with Gasteiger partial charge in [0.15, 0.2) is 0 Å². The normalized spacial score (nSPS) is 11.7. The summed E-state index contributed by atoms with van der Waals surface area (Å²) in [6, 6.07) is 0. The molecule has 0 aliphatic heterocycles. The Labute approximate surface area is 66.4 Å². The second kappa shape index (κ2) is 5.68. The highest BCUT2D eigenvalue weighted by atomic mass is 16.3. The van der Waals surface area contributed by atoms with Crippen LogP contribution in [0.5, 0.6) is 0 Å². The molecule has 1 atom stereocenters. The predicted molar refractivity (Wildman–Crippen MR) is 44.0 cm³/mol. The Kier molecular flexibility index (Phi) is 5.11. The van der Waals surface area contributed by atoms with E-state index in [4.69, 9.17) is 5.11 Å². The molecule has 0 saturated heterocycles. The minimum Gasteiger partial charge on any atom is -0.383 e. The summed E-state index contributed by atoms with van der Waals surface area (Å²) in [7, 11) is 0. The van der Waals surface area contributed by atoms with E-state index in [0.717, 1.165) is 0 Å². The van der Waals surface area contributed by atoms with Crippen molar-refractivity contribution in [3.63, 3.8) is 0 Å². The van der Waals surface area contributed by atoms with Gasteiger partial charge in [-0.05, 0) is 0 Å². The molecule has 0 radical (unpaired) electrons. The first kappa shape index (κ1) is 9.91. The van der Waals surface area contributed by atoms with Crippen molar-refractivity contribution in [2.45, 2.75) is 12.5 Å². The van der Waals surface area contributed by atoms with Gasteiger partial charge < -0.3 is 10.4 Å². The smallest absolute Gasteiger partial charge is 0.249 e. The van der Waals surface area contributed by atoms with E-state index in [1.807, 2.05) is 0 Å². The van der Waals surface area contributed by atoms with E-state index in [1.54, 1.807) is 6.08 Å². The summed E-state index contributed by atoms with van der Waals surface area (Å²) in [5.74, 6) is -0.384. The first-order valence-electron chi connectivity index (χ1n) is 3.40. The maximum Gasteiger partial charge on any atom is 0.249 e. The van der Waals surface area contributed by atoms with Gasteiger partial charge >= 0.3 is 0 Å². The number of rotatable bonds is 5. The van der Waals surface area contributed by atoms with Crippen LogP contribution in [0.3, 0.4) is 0 Å². The number of carbonyl (C=O) groups excluding carboxylic acids is 1. The maximum absolute atomic E-state index is 10.8. The minimum absolute atomic E-state index is 0.281. The quantitative estimate of drug-likeness (QED) is 0.558. The summed E-state index contributed by atoms with van der Waals surface area (Å²) in [5.41, 5.74) is 0. The third kappa shape index (κ3) is 4.33. The first-order valence-corrected chi connectivity index (χ1v) is 3.40. The van der Waals surface area contributed by atoms with E-state index in [9.17, 15) is 4.79 Å². The van der Waals surface area contributed by atoms with Crippen LogP contribution in [-0.4, -0.2) is 23.7 Å². The molecule has 11 heavy (non-hydrogen) atoms. The molecule has 1 amide bonds. The van der Waals surface area contributed by atoms with Gasteiger partial charge in [-0.2, -0.15) is 0 Å². The maximum atomic E-state index is 10.8. The molecular weight excluding hydrogens is 142 g/mol. The van der Waals surface area contributed by atoms with Crippen molar-refractivity contribution >= 4 is 5.91 Å². The highest BCUT2D eigenvalue weighted by molar-refractivity contribution is 5.80. The molecule has 3 heteroatoms. The van der Waals surface area contributed by atoms with Crippen LogP contribution in [0.1, 0.15) is 6.42 Å². The Morgan fingerprint density at radius 2 is 2.18 bits per heavy atom. The standard InChI is InChI=1S/C8H13NO2/c1-3-5-7(10)8(11)9-6-4-2/h3-4,7,10H,1-2,5-6H2,(H,9,11)/t7-/m1/s1. The van der Waals surface area contributed by atoms with Crippen LogP contribution in [-0.2, 0) is 4.79 Å². The predicted octanol–water partition coefficient (Wildman–Crippen LogP) is 0.226. The van der Waals surface area contributed by atoms with Gasteiger partial charge in [-0.25, -0.2) is 0 Å². The van der Waals surface area contributed by atoms with E-state index in [1.165, 1.54) is 6.08 Å². The zero-order valence-electron chi connectivity index (χ0n) is 6.42. The Morgan fingerprint density at radius 3 is 2.64 bits per heavy atom. The molecular formula is C8H13NO2. The molecule has 0 aromatic rings. The molecule has 0 aliphatic rings. The number of aliphatic hydroxyl groups is 1. The van der Waals surface area contributed by atoms with E-state index in [-0.39, 0.29) is 12.3 Å². The number of amides is 1. The zero-order chi connectivity index (χ0) is 8.69. The van der Waals surface area contributed by atoms with Gasteiger partial charge in [0.2, 0.25) is 5.91 Å². The first-order chi connectivity index (χ1) is 5.22. The van der Waals surface area contributed by atoms with E-state index in [2.05, 4.69) is 18.5 Å². The van der Waals surface area contributed by atoms with Crippen LogP contribution in [0.25, 0.3) is 0 Å². The van der Waals surface area contributed by atoms with Crippen molar-refractivity contribution in [3.8, 4) is 0 Å². The summed E-state index contributed by atoms with van der Waals surface area (Å²) in [4.78, 5) is 10.8. The average molecular weight is 155 g/mol. The second-order valence-electron chi connectivity index (χ2n) is 2.07. The summed E-state index contributed by atoms with van der Waals surface area (Å²) < 4.78 is 0. The molecule has 0 bridgehead atoms. The molecule has 0 rings (SSSR count). The summed E-state index contributed by atoms with van der Waals surface area (Å²) in [5, 5.41) is 11.5. The molecule has 0 spiro atoms. The molecule has 62 valence electrons. The number of aliphatic hydroxyl groups excluding tert-OH is 1. The summed E-state index contributed by atoms with van der Waals surface area (Å²) in [6.07, 6.45) is 2.35. The molecule has 0 aromatic carbocycles. The molecule has 2 N–H and O–H groups in total. The van der Waals surface area contributed by atoms with Crippen molar-refractivity contribution in [1.29, 1.82) is 0 Å². The fourth-order valence-electron chi connectivity index (χ4n) is 0.555. The zero-order valence-corrected chi connectivity index (χ0v) is 6.42. The molecule has 0 aliphatic carbocycles. The number of hydrogen-bond donors (Lipinski definition) is 2. The van der Waals surface area contributed by atoms with Gasteiger partial charge in [-0.3, -0.25) is 4.79 Å². The highest BCUT2D eigenvalue weighted by Crippen LogP contribution is 1.90. The number of hydrogen-bond acceptors (Lipinski definition) is 2. The Hall–Kier alpha value is -1.09. The van der Waals surface area contributed by atoms with Crippen molar-refractivity contribution in [1.82, 2.24) is 5.32 Å². The van der Waals surface area contributed by atoms with Crippen LogP contribution in [0.2, 0.25) is 0 Å². The van der Waals surface area contributed by atoms with Crippen molar-refractivity contribution < 1.29 is 9.90 Å². The van der Waals surface area contributed by atoms with Crippen LogP contribution >= 0.6 is 0 Å². The lowest BCUT2D eigenvalue weighted by Gasteiger charge is -2.06. The van der Waals surface area contributed by atoms with Crippen LogP contribution < -0.4 is 5.32 Å². The second-order valence-corrected chi connectivity index (χ2v) is 2.07. The molecule has 0 unspecified atom stereocenters. The van der Waals surface area contributed by atoms with Gasteiger partial charge in [0.05, 0.1) is 0 Å². The van der Waals surface area contributed by atoms with Gasteiger partial charge in [0.25, 0.3) is 0 Å². The molecule has 3 nitrogen and oxygen atoms in total. The molecule has 0 aromatic heterocycles. The molecule has 0 fully saturated rings. The van der Waals surface area contributed by atoms with Crippen LogP contribution in [0.4, 0.5) is 0 Å². The van der Waals surface area contributed by atoms with Gasteiger partial charge in [-0.15, -0.1) is 13.2 Å². The van der Waals surface area contributed by atoms with E-state index < -0.39 is 6.10 Å². The van der Waals surface area contributed by atoms with Gasteiger partial charge in [0, 0.05) is 13.0 Å². The Balaban J connectivity index is 3.62. The highest BCUT2D eigenvalue weighted by Gasteiger charge is 2.10. The Bertz CT molecular complexity index is 154. The van der Waals surface area contributed by atoms with Crippen LogP contribution in [0.15, 0.2) is 25.3 Å². The lowest BCUT2D eigenvalue weighted by atomic mass is 10.2. The largest absolute Gasteiger partial charge is 0.383 e. The average Bonchev–Trinajstić information content (AvgIpc) is 2.00. The summed E-state index contributed by atoms with van der Waals surface area (Å²) >= 11 is 0. The molecule has 0 saturated carbocycles.